The van der Waals surface area contributed by atoms with Crippen molar-refractivity contribution in [2.24, 2.45) is 7.05 Å². The standard InChI is InChI=1S/C12H18N4S/c1-8(12-9(2)14-7-17-12)13-5-11-6-15-16(4)10(11)3/h6-8,13H,5H2,1-4H3. The molecule has 1 atom stereocenters. The summed E-state index contributed by atoms with van der Waals surface area (Å²) in [6.45, 7) is 7.16. The van der Waals surface area contributed by atoms with Crippen molar-refractivity contribution in [2.75, 3.05) is 0 Å². The normalized spacial score (nSPS) is 12.9. The fraction of sp³-hybridized carbons (Fsp3) is 0.500. The van der Waals surface area contributed by atoms with Crippen LogP contribution >= 0.6 is 11.3 Å². The number of nitrogens with one attached hydrogen (secondary N) is 1. The third-order valence-electron chi connectivity index (χ3n) is 3.11. The van der Waals surface area contributed by atoms with Crippen molar-refractivity contribution >= 4 is 11.3 Å². The summed E-state index contributed by atoms with van der Waals surface area (Å²) < 4.78 is 1.90. The molecule has 0 aliphatic carbocycles. The first-order valence-electron chi connectivity index (χ1n) is 5.70. The summed E-state index contributed by atoms with van der Waals surface area (Å²) in [5, 5.41) is 7.75. The summed E-state index contributed by atoms with van der Waals surface area (Å²) in [5.41, 5.74) is 5.49. The van der Waals surface area contributed by atoms with Crippen molar-refractivity contribution in [3.63, 3.8) is 0 Å². The predicted molar refractivity (Wildman–Crippen MR) is 70.1 cm³/mol. The highest BCUT2D eigenvalue weighted by Gasteiger charge is 2.11. The van der Waals surface area contributed by atoms with Crippen molar-refractivity contribution in [1.82, 2.24) is 20.1 Å². The molecule has 0 aliphatic rings. The summed E-state index contributed by atoms with van der Waals surface area (Å²) >= 11 is 1.71. The Morgan fingerprint density at radius 2 is 2.24 bits per heavy atom. The fourth-order valence-electron chi connectivity index (χ4n) is 1.80. The van der Waals surface area contributed by atoms with Gasteiger partial charge in [0.15, 0.2) is 0 Å². The predicted octanol–water partition coefficient (Wildman–Crippen LogP) is 2.34. The highest BCUT2D eigenvalue weighted by molar-refractivity contribution is 7.09. The molecular weight excluding hydrogens is 232 g/mol. The lowest BCUT2D eigenvalue weighted by atomic mass is 10.2. The SMILES string of the molecule is Cc1ncsc1C(C)NCc1cnn(C)c1C. The van der Waals surface area contributed by atoms with Gasteiger partial charge in [-0.25, -0.2) is 4.98 Å². The quantitative estimate of drug-likeness (QED) is 0.905. The zero-order valence-corrected chi connectivity index (χ0v) is 11.5. The molecule has 5 heteroatoms. The van der Waals surface area contributed by atoms with Gasteiger partial charge in [0.05, 0.1) is 17.4 Å². The average molecular weight is 250 g/mol. The molecule has 17 heavy (non-hydrogen) atoms. The molecule has 4 nitrogen and oxygen atoms in total. The van der Waals surface area contributed by atoms with Gasteiger partial charge in [-0.05, 0) is 20.8 Å². The van der Waals surface area contributed by atoms with Crippen LogP contribution in [0.4, 0.5) is 0 Å². The Balaban J connectivity index is 1.99. The Labute approximate surface area is 106 Å². The number of rotatable bonds is 4. The second kappa shape index (κ2) is 4.98. The van der Waals surface area contributed by atoms with Crippen LogP contribution in [0.1, 0.15) is 34.8 Å². The van der Waals surface area contributed by atoms with E-state index < -0.39 is 0 Å². The van der Waals surface area contributed by atoms with Crippen LogP contribution in [0.3, 0.4) is 0 Å². The van der Waals surface area contributed by atoms with E-state index in [0.29, 0.717) is 6.04 Å². The van der Waals surface area contributed by atoms with Crippen LogP contribution in [0.5, 0.6) is 0 Å². The molecule has 0 radical (unpaired) electrons. The van der Waals surface area contributed by atoms with Gasteiger partial charge in [-0.2, -0.15) is 5.10 Å². The zero-order valence-electron chi connectivity index (χ0n) is 10.7. The number of nitrogens with zero attached hydrogens (tertiary/aromatic N) is 3. The van der Waals surface area contributed by atoms with E-state index in [4.69, 9.17) is 0 Å². The minimum atomic E-state index is 0.335. The van der Waals surface area contributed by atoms with Crippen LogP contribution in [0, 0.1) is 13.8 Å². The van der Waals surface area contributed by atoms with Gasteiger partial charge < -0.3 is 5.32 Å². The van der Waals surface area contributed by atoms with E-state index in [0.717, 1.165) is 12.2 Å². The number of aryl methyl sites for hydroxylation is 2. The van der Waals surface area contributed by atoms with Gasteiger partial charge in [-0.15, -0.1) is 11.3 Å². The topological polar surface area (TPSA) is 42.7 Å². The van der Waals surface area contributed by atoms with Gasteiger partial charge in [0.2, 0.25) is 0 Å². The van der Waals surface area contributed by atoms with Crippen molar-refractivity contribution in [3.8, 4) is 0 Å². The van der Waals surface area contributed by atoms with Crippen LogP contribution in [0.25, 0.3) is 0 Å². The van der Waals surface area contributed by atoms with Gasteiger partial charge in [-0.3, -0.25) is 4.68 Å². The first-order chi connectivity index (χ1) is 8.09. The number of hydrogen-bond donors (Lipinski definition) is 1. The summed E-state index contributed by atoms with van der Waals surface area (Å²) in [4.78, 5) is 5.59. The Kier molecular flexibility index (Phi) is 3.59. The highest BCUT2D eigenvalue weighted by atomic mass is 32.1. The molecular formula is C12H18N4S. The van der Waals surface area contributed by atoms with Gasteiger partial charge >= 0.3 is 0 Å². The highest BCUT2D eigenvalue weighted by Crippen LogP contribution is 2.21. The van der Waals surface area contributed by atoms with E-state index in [2.05, 4.69) is 36.2 Å². The molecule has 2 aromatic rings. The van der Waals surface area contributed by atoms with Crippen LogP contribution < -0.4 is 5.32 Å². The number of aromatic nitrogens is 3. The largest absolute Gasteiger partial charge is 0.305 e. The summed E-state index contributed by atoms with van der Waals surface area (Å²) in [6, 6.07) is 0.335. The van der Waals surface area contributed by atoms with Crippen LogP contribution in [-0.2, 0) is 13.6 Å². The summed E-state index contributed by atoms with van der Waals surface area (Å²) in [6.07, 6.45) is 1.93. The van der Waals surface area contributed by atoms with Crippen LogP contribution in [0.2, 0.25) is 0 Å². The molecule has 92 valence electrons. The molecule has 2 aromatic heterocycles. The monoisotopic (exact) mass is 250 g/mol. The van der Waals surface area contributed by atoms with E-state index in [1.807, 2.05) is 23.4 Å². The summed E-state index contributed by atoms with van der Waals surface area (Å²) in [5.74, 6) is 0. The van der Waals surface area contributed by atoms with Gasteiger partial charge in [0.1, 0.15) is 0 Å². The molecule has 1 N–H and O–H groups in total. The zero-order chi connectivity index (χ0) is 12.4. The van der Waals surface area contributed by atoms with Crippen LogP contribution in [0.15, 0.2) is 11.7 Å². The molecule has 1 unspecified atom stereocenters. The molecule has 0 aliphatic heterocycles. The Hall–Kier alpha value is -1.20. The van der Waals surface area contributed by atoms with E-state index >= 15 is 0 Å². The van der Waals surface area contributed by atoms with E-state index in [9.17, 15) is 0 Å². The molecule has 0 saturated heterocycles. The fourth-order valence-corrected chi connectivity index (χ4v) is 2.64. The maximum absolute atomic E-state index is 4.28. The van der Waals surface area contributed by atoms with Crippen molar-refractivity contribution < 1.29 is 0 Å². The first kappa shape index (κ1) is 12.3. The maximum atomic E-state index is 4.28. The lowest BCUT2D eigenvalue weighted by Gasteiger charge is -2.12. The van der Waals surface area contributed by atoms with Gasteiger partial charge in [0, 0.05) is 35.8 Å². The Morgan fingerprint density at radius 3 is 2.76 bits per heavy atom. The minimum Gasteiger partial charge on any atom is -0.305 e. The molecule has 0 fully saturated rings. The molecule has 0 spiro atoms. The number of thiazole rings is 1. The van der Waals surface area contributed by atoms with Crippen molar-refractivity contribution in [1.29, 1.82) is 0 Å². The third kappa shape index (κ3) is 2.56. The first-order valence-corrected chi connectivity index (χ1v) is 6.58. The van der Waals surface area contributed by atoms with Crippen molar-refractivity contribution in [2.45, 2.75) is 33.4 Å². The van der Waals surface area contributed by atoms with Gasteiger partial charge in [0.25, 0.3) is 0 Å². The lowest BCUT2D eigenvalue weighted by Crippen LogP contribution is -2.18. The second-order valence-electron chi connectivity index (χ2n) is 4.28. The smallest absolute Gasteiger partial charge is 0.0798 e. The average Bonchev–Trinajstić information content (AvgIpc) is 2.85. The third-order valence-corrected chi connectivity index (χ3v) is 4.23. The van der Waals surface area contributed by atoms with E-state index in [-0.39, 0.29) is 0 Å². The Morgan fingerprint density at radius 1 is 1.47 bits per heavy atom. The second-order valence-corrected chi connectivity index (χ2v) is 5.17. The number of hydrogen-bond acceptors (Lipinski definition) is 4. The molecule has 2 rings (SSSR count). The lowest BCUT2D eigenvalue weighted by molar-refractivity contribution is 0.577. The molecule has 2 heterocycles. The van der Waals surface area contributed by atoms with E-state index in [1.54, 1.807) is 11.3 Å². The molecule has 0 aromatic carbocycles. The minimum absolute atomic E-state index is 0.335. The molecule has 0 saturated carbocycles. The van der Waals surface area contributed by atoms with Crippen molar-refractivity contribution in [3.05, 3.63) is 33.5 Å². The van der Waals surface area contributed by atoms with Gasteiger partial charge in [-0.1, -0.05) is 0 Å². The van der Waals surface area contributed by atoms with Crippen LogP contribution in [-0.4, -0.2) is 14.8 Å². The Bertz CT molecular complexity index is 500. The maximum Gasteiger partial charge on any atom is 0.0798 e. The summed E-state index contributed by atoms with van der Waals surface area (Å²) in [7, 11) is 1.97. The molecule has 0 bridgehead atoms. The van der Waals surface area contributed by atoms with E-state index in [1.165, 1.54) is 16.1 Å². The molecule has 0 amide bonds.